The van der Waals surface area contributed by atoms with Crippen LogP contribution in [0.4, 0.5) is 0 Å². The molecule has 14 nitrogen and oxygen atoms in total. The number of carboxylic acids is 1. The van der Waals surface area contributed by atoms with E-state index in [2.05, 4.69) is 48.5 Å². The first kappa shape index (κ1) is 28.8. The van der Waals surface area contributed by atoms with Crippen LogP contribution >= 0.6 is 12.6 Å². The Hall–Kier alpha value is -3.43. The van der Waals surface area contributed by atoms with E-state index in [-0.39, 0.29) is 18.6 Å². The number of aromatic nitrogens is 4. The number of hydrogen-bond donors (Lipinski definition) is 9. The van der Waals surface area contributed by atoms with E-state index < -0.39 is 47.9 Å². The number of amides is 3. The van der Waals surface area contributed by atoms with Gasteiger partial charge in [0.2, 0.25) is 17.7 Å². The molecule has 0 aliphatic rings. The highest BCUT2D eigenvalue weighted by Gasteiger charge is 2.30. The molecule has 15 heteroatoms. The van der Waals surface area contributed by atoms with Gasteiger partial charge in [-0.1, -0.05) is 6.42 Å². The van der Waals surface area contributed by atoms with Gasteiger partial charge in [-0.05, 0) is 19.4 Å². The second-order valence-electron chi connectivity index (χ2n) is 8.16. The lowest BCUT2D eigenvalue weighted by atomic mass is 10.1. The van der Waals surface area contributed by atoms with Crippen LogP contribution < -0.4 is 27.4 Å². The highest BCUT2D eigenvalue weighted by atomic mass is 32.1. The number of carbonyl (C=O) groups is 4. The molecule has 10 N–H and O–H groups in total. The maximum atomic E-state index is 13.1. The molecule has 2 aromatic heterocycles. The third-order valence-electron chi connectivity index (χ3n) is 5.33. The van der Waals surface area contributed by atoms with Crippen molar-refractivity contribution in [3.05, 3.63) is 36.4 Å². The van der Waals surface area contributed by atoms with Crippen molar-refractivity contribution in [1.82, 2.24) is 35.9 Å². The predicted octanol–water partition coefficient (Wildman–Crippen LogP) is -2.16. The zero-order valence-corrected chi connectivity index (χ0v) is 20.5. The Kier molecular flexibility index (Phi) is 11.9. The summed E-state index contributed by atoms with van der Waals surface area (Å²) in [5.41, 5.74) is 12.4. The molecule has 2 rings (SSSR count). The van der Waals surface area contributed by atoms with Crippen LogP contribution in [0.5, 0.6) is 0 Å². The molecule has 0 bridgehead atoms. The van der Waals surface area contributed by atoms with E-state index in [9.17, 15) is 24.3 Å². The molecule has 2 aromatic rings. The van der Waals surface area contributed by atoms with Gasteiger partial charge in [0.1, 0.15) is 18.1 Å². The van der Waals surface area contributed by atoms with Gasteiger partial charge in [0.25, 0.3) is 0 Å². The minimum Gasteiger partial charge on any atom is -0.480 e. The number of thiol groups is 1. The second kappa shape index (κ2) is 14.9. The number of H-pyrrole nitrogens is 2. The number of nitrogens with one attached hydrogen (secondary N) is 5. The summed E-state index contributed by atoms with van der Waals surface area (Å²) >= 11 is 4.14. The summed E-state index contributed by atoms with van der Waals surface area (Å²) in [4.78, 5) is 63.5. The number of carboxylic acid groups (broad SMARTS) is 1. The number of rotatable bonds is 16. The Morgan fingerprint density at radius 1 is 0.889 bits per heavy atom. The molecule has 4 atom stereocenters. The zero-order chi connectivity index (χ0) is 26.5. The standard InChI is InChI=1S/C21H33N9O5S/c22-4-2-1-3-14(23)18(31)30-17(9-36)20(33)28-15(5-12-7-24-10-26-12)19(32)29-16(21(34)35)6-13-8-25-11-27-13/h7-8,10-11,14-17,36H,1-6,9,22-23H2,(H,24,26)(H,25,27)(H,28,33)(H,29,32)(H,30,31)(H,34,35). The first-order valence-corrected chi connectivity index (χ1v) is 12.0. The largest absolute Gasteiger partial charge is 0.480 e. The van der Waals surface area contributed by atoms with Crippen molar-refractivity contribution in [2.75, 3.05) is 12.3 Å². The van der Waals surface area contributed by atoms with Gasteiger partial charge in [-0.15, -0.1) is 0 Å². The number of unbranched alkanes of at least 4 members (excludes halogenated alkanes) is 1. The Morgan fingerprint density at radius 3 is 1.92 bits per heavy atom. The minimum atomic E-state index is -1.27. The molecule has 0 saturated heterocycles. The Morgan fingerprint density at radius 2 is 1.42 bits per heavy atom. The zero-order valence-electron chi connectivity index (χ0n) is 19.6. The van der Waals surface area contributed by atoms with Gasteiger partial charge in [-0.25, -0.2) is 14.8 Å². The number of aliphatic carboxylic acids is 1. The summed E-state index contributed by atoms with van der Waals surface area (Å²) in [6, 6.07) is -4.33. The van der Waals surface area contributed by atoms with E-state index in [1.807, 2.05) is 0 Å². The van der Waals surface area contributed by atoms with Crippen LogP contribution in [-0.2, 0) is 32.0 Å². The highest BCUT2D eigenvalue weighted by molar-refractivity contribution is 7.80. The first-order chi connectivity index (χ1) is 17.2. The van der Waals surface area contributed by atoms with Crippen LogP contribution in [-0.4, -0.2) is 85.2 Å². The number of nitrogens with zero attached hydrogens (tertiary/aromatic N) is 2. The lowest BCUT2D eigenvalue weighted by Gasteiger charge is -2.24. The average molecular weight is 524 g/mol. The first-order valence-electron chi connectivity index (χ1n) is 11.4. The fourth-order valence-electron chi connectivity index (χ4n) is 3.30. The van der Waals surface area contributed by atoms with E-state index in [4.69, 9.17) is 11.5 Å². The topological polar surface area (TPSA) is 234 Å². The molecule has 0 aliphatic heterocycles. The molecule has 4 unspecified atom stereocenters. The summed E-state index contributed by atoms with van der Waals surface area (Å²) in [6.07, 6.45) is 7.49. The van der Waals surface area contributed by atoms with Gasteiger partial charge in [0.15, 0.2) is 0 Å². The van der Waals surface area contributed by atoms with Gasteiger partial charge in [-0.2, -0.15) is 12.6 Å². The fourth-order valence-corrected chi connectivity index (χ4v) is 3.56. The molecule has 0 aliphatic carbocycles. The second-order valence-corrected chi connectivity index (χ2v) is 8.52. The van der Waals surface area contributed by atoms with Crippen LogP contribution in [0.2, 0.25) is 0 Å². The normalized spacial score (nSPS) is 14.3. The predicted molar refractivity (Wildman–Crippen MR) is 133 cm³/mol. The molecule has 0 saturated carbocycles. The number of hydrogen-bond acceptors (Lipinski definition) is 9. The maximum absolute atomic E-state index is 13.1. The monoisotopic (exact) mass is 523 g/mol. The van der Waals surface area contributed by atoms with Gasteiger partial charge in [0.05, 0.1) is 18.7 Å². The van der Waals surface area contributed by atoms with Gasteiger partial charge in [-0.3, -0.25) is 14.4 Å². The lowest BCUT2D eigenvalue weighted by Crippen LogP contribution is -2.58. The average Bonchev–Trinajstić information content (AvgIpc) is 3.55. The van der Waals surface area contributed by atoms with Gasteiger partial charge in [0, 0.05) is 42.4 Å². The van der Waals surface area contributed by atoms with E-state index in [1.165, 1.54) is 25.0 Å². The van der Waals surface area contributed by atoms with Crippen LogP contribution in [0.1, 0.15) is 30.7 Å². The number of aromatic amines is 2. The summed E-state index contributed by atoms with van der Waals surface area (Å²) in [5.74, 6) is -3.24. The van der Waals surface area contributed by atoms with Crippen molar-refractivity contribution in [3.8, 4) is 0 Å². The van der Waals surface area contributed by atoms with Crippen molar-refractivity contribution < 1.29 is 24.3 Å². The van der Waals surface area contributed by atoms with Crippen molar-refractivity contribution in [2.45, 2.75) is 56.3 Å². The van der Waals surface area contributed by atoms with Crippen LogP contribution in [0.3, 0.4) is 0 Å². The molecule has 36 heavy (non-hydrogen) atoms. The quantitative estimate of drug-likeness (QED) is 0.0859. The van der Waals surface area contributed by atoms with Gasteiger partial charge >= 0.3 is 5.97 Å². The smallest absolute Gasteiger partial charge is 0.326 e. The Balaban J connectivity index is 2.08. The fraction of sp³-hybridized carbons (Fsp3) is 0.524. The summed E-state index contributed by atoms with van der Waals surface area (Å²) in [6.45, 7) is 0.487. The molecular formula is C21H33N9O5S. The van der Waals surface area contributed by atoms with Crippen molar-refractivity contribution in [3.63, 3.8) is 0 Å². The Labute approximate surface area is 213 Å². The third kappa shape index (κ3) is 9.31. The highest BCUT2D eigenvalue weighted by Crippen LogP contribution is 2.05. The van der Waals surface area contributed by atoms with Crippen molar-refractivity contribution in [2.24, 2.45) is 11.5 Å². The molecule has 198 valence electrons. The third-order valence-corrected chi connectivity index (χ3v) is 5.69. The number of nitrogens with two attached hydrogens (primary N) is 2. The maximum Gasteiger partial charge on any atom is 0.326 e. The minimum absolute atomic E-state index is 0.000188. The molecule has 0 radical (unpaired) electrons. The van der Waals surface area contributed by atoms with E-state index in [0.717, 1.165) is 6.42 Å². The van der Waals surface area contributed by atoms with E-state index in [1.54, 1.807) is 0 Å². The van der Waals surface area contributed by atoms with E-state index >= 15 is 0 Å². The SMILES string of the molecule is NCCCCC(N)C(=O)NC(CS)C(=O)NC(Cc1cnc[nH]1)C(=O)NC(Cc1cnc[nH]1)C(=O)O. The van der Waals surface area contributed by atoms with Crippen molar-refractivity contribution >= 4 is 36.3 Å². The molecular weight excluding hydrogens is 490 g/mol. The van der Waals surface area contributed by atoms with Crippen LogP contribution in [0.15, 0.2) is 25.0 Å². The molecule has 3 amide bonds. The van der Waals surface area contributed by atoms with Crippen molar-refractivity contribution in [1.29, 1.82) is 0 Å². The van der Waals surface area contributed by atoms with Crippen LogP contribution in [0.25, 0.3) is 0 Å². The van der Waals surface area contributed by atoms with Gasteiger partial charge < -0.3 is 42.5 Å². The molecule has 2 heterocycles. The molecule has 0 aromatic carbocycles. The summed E-state index contributed by atoms with van der Waals surface area (Å²) in [7, 11) is 0. The van der Waals surface area contributed by atoms with E-state index in [0.29, 0.717) is 30.8 Å². The number of carbonyl (C=O) groups excluding carboxylic acids is 3. The van der Waals surface area contributed by atoms with Crippen LogP contribution in [0, 0.1) is 0 Å². The summed E-state index contributed by atoms with van der Waals surface area (Å²) < 4.78 is 0. The number of imidazole rings is 2. The Bertz CT molecular complexity index is 971. The lowest BCUT2D eigenvalue weighted by molar-refractivity contribution is -0.142. The molecule has 0 fully saturated rings. The molecule has 0 spiro atoms. The summed E-state index contributed by atoms with van der Waals surface area (Å²) in [5, 5.41) is 17.1.